The van der Waals surface area contributed by atoms with Crippen LogP contribution in [0.2, 0.25) is 0 Å². The van der Waals surface area contributed by atoms with E-state index >= 15 is 0 Å². The molecule has 7 nitrogen and oxygen atoms in total. The van der Waals surface area contributed by atoms with Gasteiger partial charge in [-0.2, -0.15) is 0 Å². The minimum atomic E-state index is -0.115. The van der Waals surface area contributed by atoms with Crippen molar-refractivity contribution in [3.63, 3.8) is 0 Å². The van der Waals surface area contributed by atoms with E-state index in [9.17, 15) is 0 Å². The van der Waals surface area contributed by atoms with Crippen LogP contribution >= 0.6 is 11.8 Å². The molecule has 3 aromatic rings. The number of nitrogen functional groups attached to an aromatic ring is 1. The summed E-state index contributed by atoms with van der Waals surface area (Å²) in [6.07, 6.45) is 6.16. The highest BCUT2D eigenvalue weighted by Gasteiger charge is 2.19. The number of nitrogens with zero attached hydrogens (tertiary/aromatic N) is 5. The number of ether oxygens (including phenoxy) is 1. The molecular weight excluding hydrogens is 336 g/mol. The first-order valence-corrected chi connectivity index (χ1v) is 9.14. The summed E-state index contributed by atoms with van der Waals surface area (Å²) in [7, 11) is 1.69. The molecule has 0 aliphatic carbocycles. The molecule has 2 N–H and O–H groups in total. The Morgan fingerprint density at radius 1 is 1.28 bits per heavy atom. The lowest BCUT2D eigenvalue weighted by atomic mass is 10.2. The van der Waals surface area contributed by atoms with Crippen LogP contribution in [0.3, 0.4) is 0 Å². The Bertz CT molecular complexity index is 851. The molecule has 25 heavy (non-hydrogen) atoms. The van der Waals surface area contributed by atoms with Gasteiger partial charge in [-0.05, 0) is 31.9 Å². The molecule has 0 aliphatic rings. The number of fused-ring (bicyclic) bond motifs is 1. The Balaban J connectivity index is 1.82. The van der Waals surface area contributed by atoms with Crippen molar-refractivity contribution in [2.45, 2.75) is 38.1 Å². The van der Waals surface area contributed by atoms with Crippen molar-refractivity contribution in [3.8, 4) is 0 Å². The number of pyridine rings is 1. The van der Waals surface area contributed by atoms with Crippen LogP contribution in [0.5, 0.6) is 0 Å². The van der Waals surface area contributed by atoms with Crippen LogP contribution in [0.15, 0.2) is 29.8 Å². The maximum absolute atomic E-state index is 6.03. The standard InChI is InChI=1S/C17H22N6OS/c1-11-10-21-15(18)13-14(11)23(16(22-13)12(2)24-3)8-5-9-25-17-19-6-4-7-20-17/h4,6-7,10,12H,5,8-9H2,1-3H3,(H2,18,21). The van der Waals surface area contributed by atoms with Crippen LogP contribution in [0.4, 0.5) is 5.82 Å². The maximum Gasteiger partial charge on any atom is 0.187 e. The van der Waals surface area contributed by atoms with Crippen molar-refractivity contribution < 1.29 is 4.74 Å². The van der Waals surface area contributed by atoms with Crippen molar-refractivity contribution in [1.29, 1.82) is 0 Å². The number of thioether (sulfide) groups is 1. The first-order chi connectivity index (χ1) is 12.1. The number of nitrogens with two attached hydrogens (primary N) is 1. The molecule has 0 aromatic carbocycles. The fourth-order valence-electron chi connectivity index (χ4n) is 2.73. The number of hydrogen-bond donors (Lipinski definition) is 1. The largest absolute Gasteiger partial charge is 0.382 e. The molecule has 0 saturated carbocycles. The highest BCUT2D eigenvalue weighted by molar-refractivity contribution is 7.99. The summed E-state index contributed by atoms with van der Waals surface area (Å²) >= 11 is 1.65. The summed E-state index contributed by atoms with van der Waals surface area (Å²) in [5, 5.41) is 0.799. The molecule has 3 heterocycles. The lowest BCUT2D eigenvalue weighted by molar-refractivity contribution is 0.109. The van der Waals surface area contributed by atoms with E-state index in [1.807, 2.05) is 19.9 Å². The second kappa shape index (κ2) is 7.79. The summed E-state index contributed by atoms with van der Waals surface area (Å²) in [4.78, 5) is 17.4. The van der Waals surface area contributed by atoms with Crippen molar-refractivity contribution in [2.24, 2.45) is 0 Å². The summed E-state index contributed by atoms with van der Waals surface area (Å²) in [5.41, 5.74) is 8.87. The van der Waals surface area contributed by atoms with Gasteiger partial charge in [0.15, 0.2) is 11.0 Å². The van der Waals surface area contributed by atoms with Crippen LogP contribution in [0, 0.1) is 6.92 Å². The molecule has 3 aromatic heterocycles. The van der Waals surface area contributed by atoms with Crippen LogP contribution in [0.25, 0.3) is 11.0 Å². The third-order valence-corrected chi connectivity index (χ3v) is 4.99. The summed E-state index contributed by atoms with van der Waals surface area (Å²) in [6.45, 7) is 4.84. The Labute approximate surface area is 151 Å². The van der Waals surface area contributed by atoms with Gasteiger partial charge in [-0.15, -0.1) is 0 Å². The highest BCUT2D eigenvalue weighted by atomic mass is 32.2. The predicted molar refractivity (Wildman–Crippen MR) is 99.5 cm³/mol. The zero-order valence-electron chi connectivity index (χ0n) is 14.6. The van der Waals surface area contributed by atoms with Crippen LogP contribution < -0.4 is 5.73 Å². The summed E-state index contributed by atoms with van der Waals surface area (Å²) < 4.78 is 7.69. The molecule has 0 amide bonds. The van der Waals surface area contributed by atoms with Crippen LogP contribution in [-0.2, 0) is 11.3 Å². The Morgan fingerprint density at radius 3 is 2.76 bits per heavy atom. The zero-order chi connectivity index (χ0) is 17.8. The molecule has 0 saturated heterocycles. The van der Waals surface area contributed by atoms with Crippen molar-refractivity contribution >= 4 is 28.6 Å². The number of aryl methyl sites for hydroxylation is 2. The van der Waals surface area contributed by atoms with E-state index in [1.54, 1.807) is 37.5 Å². The highest BCUT2D eigenvalue weighted by Crippen LogP contribution is 2.28. The molecule has 132 valence electrons. The molecule has 3 rings (SSSR count). The molecule has 1 atom stereocenters. The molecule has 0 spiro atoms. The molecule has 0 aliphatic heterocycles. The lowest BCUT2D eigenvalue weighted by Crippen LogP contribution is -2.10. The van der Waals surface area contributed by atoms with E-state index in [-0.39, 0.29) is 6.10 Å². The molecular formula is C17H22N6OS. The first-order valence-electron chi connectivity index (χ1n) is 8.15. The monoisotopic (exact) mass is 358 g/mol. The summed E-state index contributed by atoms with van der Waals surface area (Å²) in [6, 6.07) is 1.82. The molecule has 1 unspecified atom stereocenters. The second-order valence-electron chi connectivity index (χ2n) is 5.76. The maximum atomic E-state index is 6.03. The number of hydrogen-bond acceptors (Lipinski definition) is 7. The topological polar surface area (TPSA) is 91.7 Å². The molecule has 0 bridgehead atoms. The van der Waals surface area contributed by atoms with Gasteiger partial charge in [0.05, 0.1) is 5.52 Å². The third kappa shape index (κ3) is 3.74. The lowest BCUT2D eigenvalue weighted by Gasteiger charge is -2.14. The van der Waals surface area contributed by atoms with Gasteiger partial charge in [0.1, 0.15) is 17.4 Å². The van der Waals surface area contributed by atoms with E-state index < -0.39 is 0 Å². The van der Waals surface area contributed by atoms with Crippen molar-refractivity contribution in [3.05, 3.63) is 36.0 Å². The third-order valence-electron chi connectivity index (χ3n) is 4.03. The van der Waals surface area contributed by atoms with Crippen LogP contribution in [-0.4, -0.2) is 37.4 Å². The number of aromatic nitrogens is 5. The van der Waals surface area contributed by atoms with Gasteiger partial charge < -0.3 is 15.0 Å². The van der Waals surface area contributed by atoms with Gasteiger partial charge >= 0.3 is 0 Å². The fourth-order valence-corrected chi connectivity index (χ4v) is 3.45. The van der Waals surface area contributed by atoms with Crippen LogP contribution in [0.1, 0.15) is 30.8 Å². The average Bonchev–Trinajstić information content (AvgIpc) is 3.03. The summed E-state index contributed by atoms with van der Waals surface area (Å²) in [5.74, 6) is 2.25. The Morgan fingerprint density at radius 2 is 2.04 bits per heavy atom. The van der Waals surface area contributed by atoms with Gasteiger partial charge in [-0.25, -0.2) is 19.9 Å². The zero-order valence-corrected chi connectivity index (χ0v) is 15.5. The first kappa shape index (κ1) is 17.6. The van der Waals surface area contributed by atoms with E-state index in [0.29, 0.717) is 5.82 Å². The Kier molecular flexibility index (Phi) is 5.50. The van der Waals surface area contributed by atoms with Gasteiger partial charge in [-0.1, -0.05) is 11.8 Å². The minimum Gasteiger partial charge on any atom is -0.382 e. The van der Waals surface area contributed by atoms with Crippen molar-refractivity contribution in [2.75, 3.05) is 18.6 Å². The van der Waals surface area contributed by atoms with Gasteiger partial charge in [0.25, 0.3) is 0 Å². The van der Waals surface area contributed by atoms with Gasteiger partial charge in [-0.3, -0.25) is 0 Å². The van der Waals surface area contributed by atoms with E-state index in [1.165, 1.54) is 0 Å². The second-order valence-corrected chi connectivity index (χ2v) is 6.82. The fraction of sp³-hybridized carbons (Fsp3) is 0.412. The van der Waals surface area contributed by atoms with E-state index in [2.05, 4.69) is 19.5 Å². The SMILES string of the molecule is COC(C)c1nc2c(N)ncc(C)c2n1CCCSc1ncccn1. The van der Waals surface area contributed by atoms with Gasteiger partial charge in [0.2, 0.25) is 0 Å². The average molecular weight is 358 g/mol. The smallest absolute Gasteiger partial charge is 0.187 e. The number of methoxy groups -OCH3 is 1. The normalized spacial score (nSPS) is 12.6. The molecule has 0 fully saturated rings. The van der Waals surface area contributed by atoms with Gasteiger partial charge in [0, 0.05) is 38.0 Å². The molecule has 8 heteroatoms. The Hall–Kier alpha value is -2.19. The minimum absolute atomic E-state index is 0.115. The number of imidazole rings is 1. The van der Waals surface area contributed by atoms with E-state index in [4.69, 9.17) is 15.5 Å². The van der Waals surface area contributed by atoms with E-state index in [0.717, 1.165) is 46.3 Å². The number of rotatable bonds is 7. The number of anilines is 1. The molecule has 0 radical (unpaired) electrons. The van der Waals surface area contributed by atoms with Crippen molar-refractivity contribution in [1.82, 2.24) is 24.5 Å². The predicted octanol–water partition coefficient (Wildman–Crippen LogP) is 3.00. The quantitative estimate of drug-likeness (QED) is 0.394.